The highest BCUT2D eigenvalue weighted by Gasteiger charge is 2.31. The van der Waals surface area contributed by atoms with Crippen LogP contribution in [0.2, 0.25) is 0 Å². The van der Waals surface area contributed by atoms with Crippen LogP contribution in [0.1, 0.15) is 32.4 Å². The van der Waals surface area contributed by atoms with Crippen LogP contribution < -0.4 is 9.64 Å². The smallest absolute Gasteiger partial charge is 0.414 e. The molecular formula is C14H20N2O3. The predicted octanol–water partition coefficient (Wildman–Crippen LogP) is 2.78. The Morgan fingerprint density at radius 3 is 2.89 bits per heavy atom. The summed E-state index contributed by atoms with van der Waals surface area (Å²) in [6.45, 7) is 4.28. The standard InChI is InChI=1S/C14H20N2O3/c1-4-10-6-7-11-12(8-9-13(15-11)18-3)16(10)14(17)19-5-2/h8-10H,4-7H2,1-3H3/t10-/m1/s1. The number of aromatic nitrogens is 1. The van der Waals surface area contributed by atoms with Crippen LogP contribution in [-0.2, 0) is 11.2 Å². The van der Waals surface area contributed by atoms with E-state index in [1.807, 2.05) is 13.0 Å². The van der Waals surface area contributed by atoms with Crippen LogP contribution in [0.5, 0.6) is 5.88 Å². The van der Waals surface area contributed by atoms with Crippen molar-refractivity contribution < 1.29 is 14.3 Å². The Labute approximate surface area is 113 Å². The highest BCUT2D eigenvalue weighted by atomic mass is 16.6. The third-order valence-corrected chi connectivity index (χ3v) is 3.41. The van der Waals surface area contributed by atoms with Gasteiger partial charge in [0.05, 0.1) is 25.1 Å². The van der Waals surface area contributed by atoms with Gasteiger partial charge in [-0.3, -0.25) is 4.90 Å². The maximum atomic E-state index is 12.1. The van der Waals surface area contributed by atoms with Gasteiger partial charge in [-0.1, -0.05) is 6.92 Å². The van der Waals surface area contributed by atoms with E-state index >= 15 is 0 Å². The zero-order valence-electron chi connectivity index (χ0n) is 11.7. The molecule has 104 valence electrons. The van der Waals surface area contributed by atoms with Crippen LogP contribution in [0.25, 0.3) is 0 Å². The summed E-state index contributed by atoms with van der Waals surface area (Å²) in [5, 5.41) is 0. The second-order valence-electron chi connectivity index (χ2n) is 4.49. The molecular weight excluding hydrogens is 244 g/mol. The minimum atomic E-state index is -0.290. The molecule has 0 aliphatic carbocycles. The second-order valence-corrected chi connectivity index (χ2v) is 4.49. The molecule has 5 nitrogen and oxygen atoms in total. The molecule has 0 fully saturated rings. The van der Waals surface area contributed by atoms with E-state index in [9.17, 15) is 4.79 Å². The summed E-state index contributed by atoms with van der Waals surface area (Å²) in [5.74, 6) is 0.581. The number of carbonyl (C=O) groups excluding carboxylic acids is 1. The number of carbonyl (C=O) groups is 1. The van der Waals surface area contributed by atoms with Crippen molar-refractivity contribution in [2.75, 3.05) is 18.6 Å². The number of hydrogen-bond acceptors (Lipinski definition) is 4. The lowest BCUT2D eigenvalue weighted by atomic mass is 9.98. The number of nitrogens with zero attached hydrogens (tertiary/aromatic N) is 2. The third-order valence-electron chi connectivity index (χ3n) is 3.41. The van der Waals surface area contributed by atoms with Gasteiger partial charge in [0.2, 0.25) is 5.88 Å². The number of hydrogen-bond donors (Lipinski definition) is 0. The Hall–Kier alpha value is -1.78. The van der Waals surface area contributed by atoms with Crippen molar-refractivity contribution in [2.24, 2.45) is 0 Å². The van der Waals surface area contributed by atoms with Crippen LogP contribution >= 0.6 is 0 Å². The minimum absolute atomic E-state index is 0.182. The molecule has 0 saturated carbocycles. The number of pyridine rings is 1. The van der Waals surface area contributed by atoms with Crippen LogP contribution in [0.15, 0.2) is 12.1 Å². The van der Waals surface area contributed by atoms with Crippen LogP contribution in [0, 0.1) is 0 Å². The van der Waals surface area contributed by atoms with Gasteiger partial charge in [-0.2, -0.15) is 0 Å². The summed E-state index contributed by atoms with van der Waals surface area (Å²) in [6.07, 6.45) is 2.38. The topological polar surface area (TPSA) is 51.7 Å². The summed E-state index contributed by atoms with van der Waals surface area (Å²) in [5.41, 5.74) is 1.74. The average molecular weight is 264 g/mol. The van der Waals surface area contributed by atoms with Gasteiger partial charge < -0.3 is 9.47 Å². The van der Waals surface area contributed by atoms with E-state index in [1.165, 1.54) is 0 Å². The minimum Gasteiger partial charge on any atom is -0.481 e. The van der Waals surface area contributed by atoms with Gasteiger partial charge in [-0.15, -0.1) is 0 Å². The maximum absolute atomic E-state index is 12.1. The molecule has 1 atom stereocenters. The van der Waals surface area contributed by atoms with Crippen LogP contribution in [0.3, 0.4) is 0 Å². The molecule has 0 radical (unpaired) electrons. The van der Waals surface area contributed by atoms with E-state index in [2.05, 4.69) is 11.9 Å². The molecule has 5 heteroatoms. The van der Waals surface area contributed by atoms with Crippen molar-refractivity contribution in [3.63, 3.8) is 0 Å². The Bertz CT molecular complexity index is 462. The average Bonchev–Trinajstić information content (AvgIpc) is 2.45. The quantitative estimate of drug-likeness (QED) is 0.842. The first kappa shape index (κ1) is 13.6. The van der Waals surface area contributed by atoms with Gasteiger partial charge in [-0.25, -0.2) is 9.78 Å². The molecule has 2 heterocycles. The van der Waals surface area contributed by atoms with E-state index in [0.717, 1.165) is 30.6 Å². The first-order valence-corrected chi connectivity index (χ1v) is 6.71. The SMILES string of the molecule is CCOC(=O)N1c2ccc(OC)nc2CC[C@H]1CC. The molecule has 1 aliphatic rings. The number of rotatable bonds is 3. The third kappa shape index (κ3) is 2.64. The van der Waals surface area contributed by atoms with E-state index in [0.29, 0.717) is 12.5 Å². The number of aryl methyl sites for hydroxylation is 1. The zero-order chi connectivity index (χ0) is 13.8. The number of methoxy groups -OCH3 is 1. The van der Waals surface area contributed by atoms with Gasteiger partial charge in [0.25, 0.3) is 0 Å². The van der Waals surface area contributed by atoms with Crippen molar-refractivity contribution in [2.45, 2.75) is 39.2 Å². The van der Waals surface area contributed by atoms with Crippen molar-refractivity contribution >= 4 is 11.8 Å². The molecule has 1 amide bonds. The normalized spacial score (nSPS) is 17.8. The summed E-state index contributed by atoms with van der Waals surface area (Å²) in [4.78, 5) is 18.3. The summed E-state index contributed by atoms with van der Waals surface area (Å²) in [7, 11) is 1.59. The molecule has 0 aromatic carbocycles. The summed E-state index contributed by atoms with van der Waals surface area (Å²) >= 11 is 0. The monoisotopic (exact) mass is 264 g/mol. The Morgan fingerprint density at radius 2 is 2.26 bits per heavy atom. The van der Waals surface area contributed by atoms with Crippen LogP contribution in [-0.4, -0.2) is 30.8 Å². The van der Waals surface area contributed by atoms with Crippen molar-refractivity contribution in [1.82, 2.24) is 4.98 Å². The van der Waals surface area contributed by atoms with E-state index < -0.39 is 0 Å². The summed E-state index contributed by atoms with van der Waals surface area (Å²) < 4.78 is 10.3. The predicted molar refractivity (Wildman–Crippen MR) is 72.7 cm³/mol. The summed E-state index contributed by atoms with van der Waals surface area (Å²) in [6, 6.07) is 3.85. The highest BCUT2D eigenvalue weighted by Crippen LogP contribution is 2.32. The second kappa shape index (κ2) is 5.91. The lowest BCUT2D eigenvalue weighted by Gasteiger charge is -2.35. The van der Waals surface area contributed by atoms with Gasteiger partial charge in [-0.05, 0) is 32.3 Å². The molecule has 2 rings (SSSR count). The number of anilines is 1. The van der Waals surface area contributed by atoms with Gasteiger partial charge in [0.1, 0.15) is 0 Å². The fourth-order valence-corrected chi connectivity index (χ4v) is 2.45. The first-order chi connectivity index (χ1) is 9.21. The van der Waals surface area contributed by atoms with E-state index in [-0.39, 0.29) is 12.1 Å². The number of fused-ring (bicyclic) bond motifs is 1. The van der Waals surface area contributed by atoms with E-state index in [4.69, 9.17) is 9.47 Å². The maximum Gasteiger partial charge on any atom is 0.414 e. The van der Waals surface area contributed by atoms with Crippen molar-refractivity contribution in [1.29, 1.82) is 0 Å². The molecule has 19 heavy (non-hydrogen) atoms. The largest absolute Gasteiger partial charge is 0.481 e. The molecule has 1 aliphatic heterocycles. The Balaban J connectivity index is 2.36. The molecule has 0 spiro atoms. The molecule has 0 N–H and O–H groups in total. The lowest BCUT2D eigenvalue weighted by Crippen LogP contribution is -2.44. The van der Waals surface area contributed by atoms with Gasteiger partial charge in [0, 0.05) is 12.1 Å². The Kier molecular flexibility index (Phi) is 4.24. The van der Waals surface area contributed by atoms with Crippen molar-refractivity contribution in [3.05, 3.63) is 17.8 Å². The fraction of sp³-hybridized carbons (Fsp3) is 0.571. The molecule has 1 aromatic rings. The van der Waals surface area contributed by atoms with E-state index in [1.54, 1.807) is 18.1 Å². The molecule has 0 bridgehead atoms. The number of ether oxygens (including phenoxy) is 2. The highest BCUT2D eigenvalue weighted by molar-refractivity contribution is 5.89. The van der Waals surface area contributed by atoms with Crippen LogP contribution in [0.4, 0.5) is 10.5 Å². The first-order valence-electron chi connectivity index (χ1n) is 6.71. The fourth-order valence-electron chi connectivity index (χ4n) is 2.45. The molecule has 0 unspecified atom stereocenters. The zero-order valence-corrected chi connectivity index (χ0v) is 11.7. The number of amides is 1. The van der Waals surface area contributed by atoms with Gasteiger partial charge in [0.15, 0.2) is 0 Å². The molecule has 0 saturated heterocycles. The molecule has 1 aromatic heterocycles. The van der Waals surface area contributed by atoms with Crippen molar-refractivity contribution in [3.8, 4) is 5.88 Å². The Morgan fingerprint density at radius 1 is 1.47 bits per heavy atom. The van der Waals surface area contributed by atoms with Gasteiger partial charge >= 0.3 is 6.09 Å². The lowest BCUT2D eigenvalue weighted by molar-refractivity contribution is 0.155.